The number of benzene rings is 2. The molecule has 0 N–H and O–H groups in total. The molecule has 5 nitrogen and oxygen atoms in total. The zero-order valence-corrected chi connectivity index (χ0v) is 20.9. The monoisotopic (exact) mass is 471 g/mol. The molecule has 0 bridgehead atoms. The van der Waals surface area contributed by atoms with Gasteiger partial charge in [-0.2, -0.15) is 0 Å². The minimum atomic E-state index is -0.332. The van der Waals surface area contributed by atoms with Crippen LogP contribution >= 0.6 is 0 Å². The highest BCUT2D eigenvalue weighted by atomic mass is 16.5. The van der Waals surface area contributed by atoms with Gasteiger partial charge in [0.25, 0.3) is 0 Å². The maximum Gasteiger partial charge on any atom is 0.161 e. The van der Waals surface area contributed by atoms with Crippen molar-refractivity contribution in [3.63, 3.8) is 0 Å². The van der Waals surface area contributed by atoms with E-state index in [1.807, 2.05) is 44.3 Å². The largest absolute Gasteiger partial charge is 0.490 e. The average Bonchev–Trinajstić information content (AvgIpc) is 2.85. The van der Waals surface area contributed by atoms with Crippen LogP contribution in [0.25, 0.3) is 0 Å². The van der Waals surface area contributed by atoms with Crippen molar-refractivity contribution < 1.29 is 19.1 Å². The lowest BCUT2D eigenvalue weighted by Crippen LogP contribution is -2.37. The zero-order chi connectivity index (χ0) is 24.5. The highest BCUT2D eigenvalue weighted by Gasteiger charge is 2.42. The number of carbonyl (C=O) groups excluding carboxylic acids is 2. The van der Waals surface area contributed by atoms with Crippen molar-refractivity contribution >= 4 is 11.6 Å². The summed E-state index contributed by atoms with van der Waals surface area (Å²) in [6.45, 7) is 4.95. The minimum Gasteiger partial charge on any atom is -0.490 e. The van der Waals surface area contributed by atoms with Gasteiger partial charge in [-0.05, 0) is 62.8 Å². The molecule has 5 rings (SSSR count). The fourth-order valence-electron chi connectivity index (χ4n) is 5.74. The van der Waals surface area contributed by atoms with E-state index in [0.717, 1.165) is 59.4 Å². The molecule has 0 atom stereocenters. The third kappa shape index (κ3) is 4.40. The lowest BCUT2D eigenvalue weighted by Gasteiger charge is -2.42. The zero-order valence-electron chi connectivity index (χ0n) is 20.9. The predicted molar refractivity (Wildman–Crippen MR) is 135 cm³/mol. The van der Waals surface area contributed by atoms with Crippen molar-refractivity contribution in [1.29, 1.82) is 0 Å². The lowest BCUT2D eigenvalue weighted by atomic mass is 9.71. The summed E-state index contributed by atoms with van der Waals surface area (Å²) in [5.41, 5.74) is 6.96. The molecule has 0 fully saturated rings. The molecule has 0 saturated carbocycles. The Balaban J connectivity index is 1.55. The van der Waals surface area contributed by atoms with Gasteiger partial charge in [-0.1, -0.05) is 35.9 Å². The fourth-order valence-corrected chi connectivity index (χ4v) is 5.74. The van der Waals surface area contributed by atoms with Crippen molar-refractivity contribution in [1.82, 2.24) is 4.90 Å². The van der Waals surface area contributed by atoms with Crippen LogP contribution < -0.4 is 9.47 Å². The third-order valence-electron chi connectivity index (χ3n) is 7.32. The molecule has 1 heterocycles. The van der Waals surface area contributed by atoms with Crippen LogP contribution in [0.3, 0.4) is 0 Å². The van der Waals surface area contributed by atoms with Gasteiger partial charge >= 0.3 is 0 Å². The highest BCUT2D eigenvalue weighted by Crippen LogP contribution is 2.49. The Bertz CT molecular complexity index is 1190. The number of Topliss-reactive ketones (excluding diaryl/α,β-unsaturated/α-hetero) is 2. The van der Waals surface area contributed by atoms with Gasteiger partial charge in [0.05, 0.1) is 6.61 Å². The standard InChI is InChI=1S/C30H33NO4/c1-4-34-27-17-21(14-15-26(27)35-18-20-9-5-8-19(2)16-20)28-29-22(10-6-12-24(29)32)31(3)23-11-7-13-25(33)30(23)28/h5,8-9,14-17,28H,4,6-7,10-13,18H2,1-3H3. The first kappa shape index (κ1) is 23.4. The molecule has 182 valence electrons. The Hall–Kier alpha value is -3.34. The summed E-state index contributed by atoms with van der Waals surface area (Å²) in [6.07, 6.45) is 4.54. The molecule has 0 radical (unpaired) electrons. The van der Waals surface area contributed by atoms with E-state index >= 15 is 0 Å². The second kappa shape index (κ2) is 9.73. The van der Waals surface area contributed by atoms with E-state index in [4.69, 9.17) is 9.47 Å². The molecule has 2 aromatic rings. The number of hydrogen-bond donors (Lipinski definition) is 0. The van der Waals surface area contributed by atoms with Gasteiger partial charge in [0, 0.05) is 48.3 Å². The fraction of sp³-hybridized carbons (Fsp3) is 0.400. The SMILES string of the molecule is CCOc1cc(C2C3=C(CCCC3=O)N(C)C3=C2C(=O)CCC3)ccc1OCc1cccc(C)c1. The molecule has 2 aliphatic carbocycles. The maximum absolute atomic E-state index is 13.2. The molecular weight excluding hydrogens is 438 g/mol. The Morgan fingerprint density at radius 2 is 1.54 bits per heavy atom. The van der Waals surface area contributed by atoms with E-state index < -0.39 is 0 Å². The lowest BCUT2D eigenvalue weighted by molar-refractivity contribution is -0.117. The Labute approximate surface area is 207 Å². The van der Waals surface area contributed by atoms with Gasteiger partial charge in [0.15, 0.2) is 23.1 Å². The molecular formula is C30H33NO4. The summed E-state index contributed by atoms with van der Waals surface area (Å²) in [7, 11) is 2.02. The van der Waals surface area contributed by atoms with Gasteiger partial charge in [0.1, 0.15) is 6.61 Å². The number of nitrogens with zero attached hydrogens (tertiary/aromatic N) is 1. The minimum absolute atomic E-state index is 0.158. The molecule has 0 amide bonds. The second-order valence-corrected chi connectivity index (χ2v) is 9.68. The molecule has 1 aliphatic heterocycles. The van der Waals surface area contributed by atoms with Crippen LogP contribution in [0, 0.1) is 6.92 Å². The number of ether oxygens (including phenoxy) is 2. The summed E-state index contributed by atoms with van der Waals surface area (Å²) in [5.74, 6) is 1.30. The van der Waals surface area contributed by atoms with E-state index in [-0.39, 0.29) is 17.5 Å². The molecule has 3 aliphatic rings. The van der Waals surface area contributed by atoms with Crippen LogP contribution in [-0.2, 0) is 16.2 Å². The number of rotatable bonds is 6. The highest BCUT2D eigenvalue weighted by molar-refractivity contribution is 6.06. The van der Waals surface area contributed by atoms with E-state index in [0.29, 0.717) is 37.6 Å². The first-order chi connectivity index (χ1) is 17.0. The molecule has 2 aromatic carbocycles. The average molecular weight is 472 g/mol. The molecule has 0 saturated heterocycles. The predicted octanol–water partition coefficient (Wildman–Crippen LogP) is 6.02. The maximum atomic E-state index is 13.2. The Morgan fingerprint density at radius 3 is 2.17 bits per heavy atom. The van der Waals surface area contributed by atoms with E-state index in [9.17, 15) is 9.59 Å². The number of carbonyl (C=O) groups is 2. The van der Waals surface area contributed by atoms with E-state index in [2.05, 4.69) is 24.0 Å². The smallest absolute Gasteiger partial charge is 0.161 e. The number of allylic oxidation sites excluding steroid dienone is 4. The van der Waals surface area contributed by atoms with Gasteiger partial charge < -0.3 is 14.4 Å². The van der Waals surface area contributed by atoms with Crippen LogP contribution in [0.5, 0.6) is 11.5 Å². The van der Waals surface area contributed by atoms with E-state index in [1.165, 1.54) is 5.56 Å². The van der Waals surface area contributed by atoms with Crippen LogP contribution in [0.1, 0.15) is 68.1 Å². The molecule has 5 heteroatoms. The molecule has 0 unspecified atom stereocenters. The summed E-state index contributed by atoms with van der Waals surface area (Å²) < 4.78 is 12.1. The van der Waals surface area contributed by atoms with Gasteiger partial charge in [0.2, 0.25) is 0 Å². The Morgan fingerprint density at radius 1 is 0.857 bits per heavy atom. The summed E-state index contributed by atoms with van der Waals surface area (Å²) in [4.78, 5) is 28.6. The van der Waals surface area contributed by atoms with Gasteiger partial charge in [-0.15, -0.1) is 0 Å². The number of ketones is 2. The van der Waals surface area contributed by atoms with Gasteiger partial charge in [-0.25, -0.2) is 0 Å². The summed E-state index contributed by atoms with van der Waals surface area (Å²) in [6, 6.07) is 14.2. The normalized spacial score (nSPS) is 18.5. The second-order valence-electron chi connectivity index (χ2n) is 9.68. The molecule has 0 aromatic heterocycles. The van der Waals surface area contributed by atoms with E-state index in [1.54, 1.807) is 0 Å². The Kier molecular flexibility index (Phi) is 6.50. The van der Waals surface area contributed by atoms with Crippen molar-refractivity contribution in [2.45, 2.75) is 64.9 Å². The van der Waals surface area contributed by atoms with Crippen molar-refractivity contribution in [2.24, 2.45) is 0 Å². The van der Waals surface area contributed by atoms with Crippen molar-refractivity contribution in [2.75, 3.05) is 13.7 Å². The summed E-state index contributed by atoms with van der Waals surface area (Å²) >= 11 is 0. The number of aryl methyl sites for hydroxylation is 1. The topological polar surface area (TPSA) is 55.8 Å². The van der Waals surface area contributed by atoms with Crippen LogP contribution in [0.2, 0.25) is 0 Å². The van der Waals surface area contributed by atoms with Crippen LogP contribution in [0.4, 0.5) is 0 Å². The van der Waals surface area contributed by atoms with Crippen molar-refractivity contribution in [3.05, 3.63) is 81.7 Å². The quantitative estimate of drug-likeness (QED) is 0.516. The summed E-state index contributed by atoms with van der Waals surface area (Å²) in [5, 5.41) is 0. The van der Waals surface area contributed by atoms with Gasteiger partial charge in [-0.3, -0.25) is 9.59 Å². The van der Waals surface area contributed by atoms with Crippen LogP contribution in [0.15, 0.2) is 65.0 Å². The molecule has 0 spiro atoms. The number of hydrogen-bond acceptors (Lipinski definition) is 5. The first-order valence-electron chi connectivity index (χ1n) is 12.7. The third-order valence-corrected chi connectivity index (χ3v) is 7.32. The first-order valence-corrected chi connectivity index (χ1v) is 12.7. The van der Waals surface area contributed by atoms with Crippen molar-refractivity contribution in [3.8, 4) is 11.5 Å². The molecule has 35 heavy (non-hydrogen) atoms. The van der Waals surface area contributed by atoms with Crippen LogP contribution in [-0.4, -0.2) is 30.1 Å².